The van der Waals surface area contributed by atoms with E-state index in [9.17, 15) is 4.39 Å². The number of nitrogens with two attached hydrogens (primary N) is 2. The van der Waals surface area contributed by atoms with E-state index in [2.05, 4.69) is 4.98 Å². The molecule has 16 heavy (non-hydrogen) atoms. The number of halogens is 1. The summed E-state index contributed by atoms with van der Waals surface area (Å²) in [5.74, 6) is -0.506. The molecule has 84 valence electrons. The molecule has 1 aromatic rings. The predicted octanol–water partition coefficient (Wildman–Crippen LogP) is 1.14. The van der Waals surface area contributed by atoms with Gasteiger partial charge in [-0.15, -0.1) is 0 Å². The van der Waals surface area contributed by atoms with Crippen LogP contribution in [-0.4, -0.2) is 11.0 Å². The zero-order chi connectivity index (χ0) is 11.8. The van der Waals surface area contributed by atoms with Crippen molar-refractivity contribution in [1.29, 1.82) is 0 Å². The van der Waals surface area contributed by atoms with Crippen LogP contribution < -0.4 is 11.5 Å². The quantitative estimate of drug-likeness (QED) is 0.696. The molecule has 1 aliphatic rings. The Morgan fingerprint density at radius 2 is 2.12 bits per heavy atom. The van der Waals surface area contributed by atoms with Crippen molar-refractivity contribution in [2.24, 2.45) is 11.5 Å². The third-order valence-electron chi connectivity index (χ3n) is 2.87. The molecule has 0 aromatic carbocycles. The van der Waals surface area contributed by atoms with Gasteiger partial charge in [0, 0.05) is 11.7 Å². The zero-order valence-electron chi connectivity index (χ0n) is 9.02. The number of hydrogen-bond donors (Lipinski definition) is 2. The second kappa shape index (κ2) is 3.81. The highest BCUT2D eigenvalue weighted by Crippen LogP contribution is 2.28. The van der Waals surface area contributed by atoms with Crippen LogP contribution in [0.3, 0.4) is 0 Å². The third kappa shape index (κ3) is 1.66. The SMILES string of the molecule is Cc1nc(F)ccc1C1(N)C=CC=CC1N. The maximum atomic E-state index is 12.9. The molecule has 4 N–H and O–H groups in total. The van der Waals surface area contributed by atoms with Gasteiger partial charge in [-0.2, -0.15) is 4.39 Å². The first-order valence-electron chi connectivity index (χ1n) is 5.08. The van der Waals surface area contributed by atoms with Gasteiger partial charge in [-0.05, 0) is 18.6 Å². The van der Waals surface area contributed by atoms with E-state index in [1.165, 1.54) is 6.07 Å². The molecule has 0 radical (unpaired) electrons. The lowest BCUT2D eigenvalue weighted by atomic mass is 9.80. The number of rotatable bonds is 1. The van der Waals surface area contributed by atoms with Gasteiger partial charge in [0.05, 0.1) is 5.54 Å². The van der Waals surface area contributed by atoms with Gasteiger partial charge >= 0.3 is 0 Å². The third-order valence-corrected chi connectivity index (χ3v) is 2.87. The van der Waals surface area contributed by atoms with Crippen LogP contribution >= 0.6 is 0 Å². The van der Waals surface area contributed by atoms with Crippen LogP contribution in [-0.2, 0) is 5.54 Å². The van der Waals surface area contributed by atoms with Crippen molar-refractivity contribution in [3.63, 3.8) is 0 Å². The maximum absolute atomic E-state index is 12.9. The van der Waals surface area contributed by atoms with Crippen molar-refractivity contribution >= 4 is 0 Å². The van der Waals surface area contributed by atoms with Crippen molar-refractivity contribution in [2.75, 3.05) is 0 Å². The fourth-order valence-corrected chi connectivity index (χ4v) is 1.93. The minimum Gasteiger partial charge on any atom is -0.322 e. The minimum absolute atomic E-state index is 0.330. The molecule has 2 unspecified atom stereocenters. The van der Waals surface area contributed by atoms with E-state index in [4.69, 9.17) is 11.5 Å². The van der Waals surface area contributed by atoms with Crippen molar-refractivity contribution < 1.29 is 4.39 Å². The summed E-state index contributed by atoms with van der Waals surface area (Å²) in [5.41, 5.74) is 12.7. The van der Waals surface area contributed by atoms with Gasteiger partial charge in [-0.1, -0.05) is 30.4 Å². The first kappa shape index (κ1) is 11.0. The summed E-state index contributed by atoms with van der Waals surface area (Å²) in [6.45, 7) is 1.73. The number of pyridine rings is 1. The molecule has 0 aliphatic heterocycles. The molecule has 2 atom stereocenters. The summed E-state index contributed by atoms with van der Waals surface area (Å²) in [6.07, 6.45) is 7.33. The summed E-state index contributed by atoms with van der Waals surface area (Å²) in [4.78, 5) is 3.77. The van der Waals surface area contributed by atoms with Crippen molar-refractivity contribution in [1.82, 2.24) is 4.98 Å². The average Bonchev–Trinajstić information content (AvgIpc) is 2.22. The number of hydrogen-bond acceptors (Lipinski definition) is 3. The van der Waals surface area contributed by atoms with Crippen LogP contribution in [0.4, 0.5) is 4.39 Å². The lowest BCUT2D eigenvalue weighted by Crippen LogP contribution is -2.51. The van der Waals surface area contributed by atoms with E-state index in [1.54, 1.807) is 13.0 Å². The molecule has 0 saturated heterocycles. The van der Waals surface area contributed by atoms with Crippen LogP contribution in [0.2, 0.25) is 0 Å². The molecule has 1 aliphatic carbocycles. The van der Waals surface area contributed by atoms with Gasteiger partial charge in [-0.3, -0.25) is 0 Å². The standard InChI is InChI=1S/C12H14FN3/c1-8-9(5-6-11(13)16-8)12(15)7-3-2-4-10(12)14/h2-7,10H,14-15H2,1H3. The van der Waals surface area contributed by atoms with Crippen molar-refractivity contribution in [2.45, 2.75) is 18.5 Å². The summed E-state index contributed by atoms with van der Waals surface area (Å²) < 4.78 is 12.9. The van der Waals surface area contributed by atoms with Crippen LogP contribution in [0.15, 0.2) is 36.4 Å². The Morgan fingerprint density at radius 1 is 1.38 bits per heavy atom. The number of aromatic nitrogens is 1. The monoisotopic (exact) mass is 219 g/mol. The van der Waals surface area contributed by atoms with Crippen LogP contribution in [0, 0.1) is 12.9 Å². The second-order valence-corrected chi connectivity index (χ2v) is 3.97. The molecule has 1 heterocycles. The van der Waals surface area contributed by atoms with Crippen molar-refractivity contribution in [3.8, 4) is 0 Å². The second-order valence-electron chi connectivity index (χ2n) is 3.97. The average molecular weight is 219 g/mol. The summed E-state index contributed by atoms with van der Waals surface area (Å²) in [6, 6.07) is 2.61. The molecular formula is C12H14FN3. The number of nitrogens with zero attached hydrogens (tertiary/aromatic N) is 1. The van der Waals surface area contributed by atoms with E-state index in [0.717, 1.165) is 5.56 Å². The maximum Gasteiger partial charge on any atom is 0.213 e. The fraction of sp³-hybridized carbons (Fsp3) is 0.250. The highest BCUT2D eigenvalue weighted by molar-refractivity contribution is 5.39. The Balaban J connectivity index is 2.51. The first-order chi connectivity index (χ1) is 7.54. The van der Waals surface area contributed by atoms with E-state index < -0.39 is 11.5 Å². The molecule has 0 saturated carbocycles. The van der Waals surface area contributed by atoms with Gasteiger partial charge in [0.15, 0.2) is 0 Å². The highest BCUT2D eigenvalue weighted by Gasteiger charge is 2.33. The lowest BCUT2D eigenvalue weighted by Gasteiger charge is -2.33. The smallest absolute Gasteiger partial charge is 0.213 e. The van der Waals surface area contributed by atoms with Crippen LogP contribution in [0.1, 0.15) is 11.3 Å². The van der Waals surface area contributed by atoms with E-state index in [1.807, 2.05) is 24.3 Å². The number of aryl methyl sites for hydroxylation is 1. The predicted molar refractivity (Wildman–Crippen MR) is 61.1 cm³/mol. The van der Waals surface area contributed by atoms with E-state index in [0.29, 0.717) is 5.69 Å². The Labute approximate surface area is 93.7 Å². The highest BCUT2D eigenvalue weighted by atomic mass is 19.1. The number of allylic oxidation sites excluding steroid dienone is 2. The topological polar surface area (TPSA) is 64.9 Å². The normalized spacial score (nSPS) is 28.4. The Bertz CT molecular complexity index is 467. The largest absolute Gasteiger partial charge is 0.322 e. The molecule has 0 amide bonds. The molecule has 0 spiro atoms. The van der Waals surface area contributed by atoms with E-state index in [-0.39, 0.29) is 6.04 Å². The lowest BCUT2D eigenvalue weighted by molar-refractivity contribution is 0.482. The Hall–Kier alpha value is -1.52. The molecular weight excluding hydrogens is 205 g/mol. The molecule has 0 bridgehead atoms. The van der Waals surface area contributed by atoms with Crippen LogP contribution in [0.25, 0.3) is 0 Å². The molecule has 1 aromatic heterocycles. The van der Waals surface area contributed by atoms with Gasteiger partial charge in [-0.25, -0.2) is 4.98 Å². The summed E-state index contributed by atoms with van der Waals surface area (Å²) >= 11 is 0. The van der Waals surface area contributed by atoms with Gasteiger partial charge < -0.3 is 11.5 Å². The van der Waals surface area contributed by atoms with E-state index >= 15 is 0 Å². The molecule has 4 heteroatoms. The fourth-order valence-electron chi connectivity index (χ4n) is 1.93. The van der Waals surface area contributed by atoms with Gasteiger partial charge in [0.1, 0.15) is 0 Å². The molecule has 2 rings (SSSR count). The Kier molecular flexibility index (Phi) is 2.61. The summed E-state index contributed by atoms with van der Waals surface area (Å²) in [5, 5.41) is 0. The summed E-state index contributed by atoms with van der Waals surface area (Å²) in [7, 11) is 0. The molecule has 0 fully saturated rings. The van der Waals surface area contributed by atoms with Gasteiger partial charge in [0.2, 0.25) is 5.95 Å². The van der Waals surface area contributed by atoms with Crippen molar-refractivity contribution in [3.05, 3.63) is 53.6 Å². The Morgan fingerprint density at radius 3 is 2.75 bits per heavy atom. The zero-order valence-corrected chi connectivity index (χ0v) is 9.02. The van der Waals surface area contributed by atoms with Gasteiger partial charge in [0.25, 0.3) is 0 Å². The minimum atomic E-state index is -0.806. The van der Waals surface area contributed by atoms with Crippen LogP contribution in [0.5, 0.6) is 0 Å². The molecule has 3 nitrogen and oxygen atoms in total. The first-order valence-corrected chi connectivity index (χ1v) is 5.08.